The van der Waals surface area contributed by atoms with E-state index in [2.05, 4.69) is 4.98 Å². The first-order valence-corrected chi connectivity index (χ1v) is 6.57. The van der Waals surface area contributed by atoms with Gasteiger partial charge in [-0.15, -0.1) is 0 Å². The third kappa shape index (κ3) is 1.93. The zero-order valence-electron chi connectivity index (χ0n) is 9.44. The molecule has 2 rings (SSSR count). The molecule has 0 aliphatic heterocycles. The monoisotopic (exact) mass is 249 g/mol. The number of benzene rings is 1. The number of aromatic amines is 1. The molecule has 1 atom stereocenters. The second-order valence-corrected chi connectivity index (χ2v) is 5.03. The number of rotatable bonds is 2. The number of fused-ring (bicyclic) bond motifs is 1. The van der Waals surface area contributed by atoms with Crippen LogP contribution in [0.1, 0.15) is 17.3 Å². The van der Waals surface area contributed by atoms with Crippen LogP contribution >= 0.6 is 0 Å². The molecule has 0 aliphatic carbocycles. The van der Waals surface area contributed by atoms with E-state index in [1.165, 1.54) is 13.2 Å². The van der Waals surface area contributed by atoms with Crippen LogP contribution < -0.4 is 5.56 Å². The van der Waals surface area contributed by atoms with Gasteiger partial charge < -0.3 is 4.98 Å². The van der Waals surface area contributed by atoms with Crippen molar-refractivity contribution in [3.63, 3.8) is 0 Å². The molecule has 0 aliphatic rings. The third-order valence-corrected chi connectivity index (χ3v) is 3.51. The first-order chi connectivity index (χ1) is 8.02. The fourth-order valence-corrected chi connectivity index (χ4v) is 2.84. The quantitative estimate of drug-likeness (QED) is 0.819. The Balaban J connectivity index is 3.04. The van der Waals surface area contributed by atoms with Gasteiger partial charge >= 0.3 is 0 Å². The molecule has 0 bridgehead atoms. The van der Waals surface area contributed by atoms with E-state index in [0.717, 1.165) is 0 Å². The van der Waals surface area contributed by atoms with E-state index >= 15 is 0 Å². The van der Waals surface area contributed by atoms with Gasteiger partial charge in [-0.2, -0.15) is 0 Å². The van der Waals surface area contributed by atoms with Crippen LogP contribution in [0.2, 0.25) is 0 Å². The molecule has 0 amide bonds. The first-order valence-electron chi connectivity index (χ1n) is 5.01. The van der Waals surface area contributed by atoms with Crippen molar-refractivity contribution in [1.29, 1.82) is 0 Å². The van der Waals surface area contributed by atoms with Crippen molar-refractivity contribution in [3.8, 4) is 0 Å². The van der Waals surface area contributed by atoms with Gasteiger partial charge in [0, 0.05) is 17.2 Å². The van der Waals surface area contributed by atoms with Crippen LogP contribution in [0, 0.1) is 0 Å². The number of aromatic nitrogens is 1. The Morgan fingerprint density at radius 3 is 2.53 bits per heavy atom. The number of para-hydroxylation sites is 1. The van der Waals surface area contributed by atoms with Crippen LogP contribution in [-0.2, 0) is 10.8 Å². The van der Waals surface area contributed by atoms with Gasteiger partial charge in [0.05, 0.1) is 21.3 Å². The molecule has 17 heavy (non-hydrogen) atoms. The van der Waals surface area contributed by atoms with E-state index in [1.54, 1.807) is 24.3 Å². The van der Waals surface area contributed by atoms with Gasteiger partial charge in [0.1, 0.15) is 0 Å². The Labute approximate surface area is 100 Å². The van der Waals surface area contributed by atoms with Crippen molar-refractivity contribution >= 4 is 27.5 Å². The number of ketones is 1. The zero-order chi connectivity index (χ0) is 12.6. The summed E-state index contributed by atoms with van der Waals surface area (Å²) in [6.45, 7) is 1.30. The van der Waals surface area contributed by atoms with Crippen LogP contribution in [0.15, 0.2) is 34.0 Å². The number of hydrogen-bond acceptors (Lipinski definition) is 3. The lowest BCUT2D eigenvalue weighted by atomic mass is 10.1. The highest BCUT2D eigenvalue weighted by atomic mass is 32.2. The summed E-state index contributed by atoms with van der Waals surface area (Å²) in [4.78, 5) is 26.2. The second kappa shape index (κ2) is 4.25. The lowest BCUT2D eigenvalue weighted by molar-refractivity contribution is 0.101. The SMILES string of the molecule is CC(=O)c1c(S(C)=O)c2ccccc2[nH]c1=O. The summed E-state index contributed by atoms with van der Waals surface area (Å²) in [7, 11) is -1.39. The molecule has 0 spiro atoms. The molecule has 0 saturated heterocycles. The Kier molecular flexibility index (Phi) is 2.93. The molecule has 1 N–H and O–H groups in total. The first kappa shape index (κ1) is 11.7. The maximum absolute atomic E-state index is 11.8. The average Bonchev–Trinajstić information content (AvgIpc) is 2.26. The standard InChI is InChI=1S/C12H11NO3S/c1-7(14)10-11(17(2)16)8-5-3-4-6-9(8)13-12(10)15/h3-6H,1-2H3,(H,13,15). The molecule has 1 heterocycles. The summed E-state index contributed by atoms with van der Waals surface area (Å²) in [6, 6.07) is 7.01. The normalized spacial score (nSPS) is 12.6. The fourth-order valence-electron chi connectivity index (χ4n) is 1.83. The Morgan fingerprint density at radius 2 is 1.94 bits per heavy atom. The van der Waals surface area contributed by atoms with Crippen LogP contribution in [0.3, 0.4) is 0 Å². The number of pyridine rings is 1. The molecule has 5 heteroatoms. The van der Waals surface area contributed by atoms with Gasteiger partial charge in [-0.05, 0) is 13.0 Å². The van der Waals surface area contributed by atoms with Crippen molar-refractivity contribution in [2.45, 2.75) is 11.8 Å². The van der Waals surface area contributed by atoms with Crippen LogP contribution in [0.25, 0.3) is 10.9 Å². The highest BCUT2D eigenvalue weighted by Crippen LogP contribution is 2.21. The Morgan fingerprint density at radius 1 is 1.29 bits per heavy atom. The molecular formula is C12H11NO3S. The lowest BCUT2D eigenvalue weighted by Gasteiger charge is -2.07. The van der Waals surface area contributed by atoms with Gasteiger partial charge in [0.25, 0.3) is 5.56 Å². The summed E-state index contributed by atoms with van der Waals surface area (Å²) in [6.07, 6.45) is 1.47. The summed E-state index contributed by atoms with van der Waals surface area (Å²) in [5.74, 6) is -0.373. The molecule has 4 nitrogen and oxygen atoms in total. The third-order valence-electron chi connectivity index (χ3n) is 2.51. The van der Waals surface area contributed by atoms with E-state index < -0.39 is 16.4 Å². The maximum Gasteiger partial charge on any atom is 0.260 e. The number of H-pyrrole nitrogens is 1. The zero-order valence-corrected chi connectivity index (χ0v) is 10.3. The number of hydrogen-bond donors (Lipinski definition) is 1. The van der Waals surface area contributed by atoms with Crippen molar-refractivity contribution in [2.24, 2.45) is 0 Å². The highest BCUT2D eigenvalue weighted by Gasteiger charge is 2.18. The largest absolute Gasteiger partial charge is 0.321 e. The predicted octanol–water partition coefficient (Wildman–Crippen LogP) is 1.47. The number of carbonyl (C=O) groups is 1. The van der Waals surface area contributed by atoms with Gasteiger partial charge in [0.2, 0.25) is 0 Å². The minimum absolute atomic E-state index is 0.00969. The summed E-state index contributed by atoms with van der Waals surface area (Å²) >= 11 is 0. The van der Waals surface area contributed by atoms with Gasteiger partial charge in [-0.3, -0.25) is 13.8 Å². The highest BCUT2D eigenvalue weighted by molar-refractivity contribution is 7.84. The molecular weight excluding hydrogens is 238 g/mol. The second-order valence-electron chi connectivity index (χ2n) is 3.71. The van der Waals surface area contributed by atoms with Crippen molar-refractivity contribution < 1.29 is 9.00 Å². The molecule has 0 radical (unpaired) electrons. The van der Waals surface area contributed by atoms with E-state index in [4.69, 9.17) is 0 Å². The van der Waals surface area contributed by atoms with Crippen LogP contribution in [0.4, 0.5) is 0 Å². The summed E-state index contributed by atoms with van der Waals surface area (Å²) < 4.78 is 11.7. The minimum Gasteiger partial charge on any atom is -0.321 e. The maximum atomic E-state index is 11.8. The average molecular weight is 249 g/mol. The van der Waals surface area contributed by atoms with Gasteiger partial charge in [0.15, 0.2) is 5.78 Å². The topological polar surface area (TPSA) is 67.0 Å². The molecule has 0 saturated carbocycles. The van der Waals surface area contributed by atoms with Crippen molar-refractivity contribution in [2.75, 3.05) is 6.26 Å². The molecule has 2 aromatic rings. The van der Waals surface area contributed by atoms with Crippen LogP contribution in [-0.4, -0.2) is 21.2 Å². The molecule has 1 unspecified atom stereocenters. The summed E-state index contributed by atoms with van der Waals surface area (Å²) in [5, 5.41) is 0.651. The van der Waals surface area contributed by atoms with Crippen LogP contribution in [0.5, 0.6) is 0 Å². The van der Waals surface area contributed by atoms with E-state index in [-0.39, 0.29) is 11.3 Å². The predicted molar refractivity (Wildman–Crippen MR) is 66.9 cm³/mol. The fraction of sp³-hybridized carbons (Fsp3) is 0.167. The minimum atomic E-state index is -1.39. The van der Waals surface area contributed by atoms with Crippen molar-refractivity contribution in [3.05, 3.63) is 40.2 Å². The van der Waals surface area contributed by atoms with E-state index in [0.29, 0.717) is 15.8 Å². The lowest BCUT2D eigenvalue weighted by Crippen LogP contribution is -2.19. The molecule has 0 fully saturated rings. The Hall–Kier alpha value is -1.75. The van der Waals surface area contributed by atoms with Gasteiger partial charge in [-0.1, -0.05) is 18.2 Å². The van der Waals surface area contributed by atoms with E-state index in [1.807, 2.05) is 0 Å². The smallest absolute Gasteiger partial charge is 0.260 e. The van der Waals surface area contributed by atoms with E-state index in [9.17, 15) is 13.8 Å². The molecule has 88 valence electrons. The number of carbonyl (C=O) groups excluding carboxylic acids is 1. The van der Waals surface area contributed by atoms with Gasteiger partial charge in [-0.25, -0.2) is 0 Å². The Bertz CT molecular complexity index is 688. The number of Topliss-reactive ketones (excluding diaryl/α,β-unsaturated/α-hetero) is 1. The summed E-state index contributed by atoms with van der Waals surface area (Å²) in [5.41, 5.74) is 0.0960. The molecule has 1 aromatic carbocycles. The van der Waals surface area contributed by atoms with Crippen molar-refractivity contribution in [1.82, 2.24) is 4.98 Å². The molecule has 1 aromatic heterocycles. The number of nitrogens with one attached hydrogen (secondary N) is 1.